The molecule has 1 aliphatic heterocycles. The Kier molecular flexibility index (Phi) is 18.9. The van der Waals surface area contributed by atoms with Crippen molar-refractivity contribution in [2.75, 3.05) is 20.2 Å². The average Bonchev–Trinajstić information content (AvgIpc) is 3.12. The van der Waals surface area contributed by atoms with Crippen LogP contribution < -0.4 is 16.1 Å². The number of aliphatic carboxylic acids is 1. The van der Waals surface area contributed by atoms with Crippen molar-refractivity contribution >= 4 is 81.8 Å². The zero-order valence-corrected chi connectivity index (χ0v) is 34.2. The number of nitrogens with zero attached hydrogens (tertiary/aromatic N) is 2. The van der Waals surface area contributed by atoms with Crippen LogP contribution in [0, 0.1) is 11.3 Å². The highest BCUT2D eigenvalue weighted by Crippen LogP contribution is 2.43. The van der Waals surface area contributed by atoms with E-state index in [0.717, 1.165) is 41.8 Å². The van der Waals surface area contributed by atoms with Crippen molar-refractivity contribution in [3.63, 3.8) is 0 Å². The Bertz CT molecular complexity index is 1640. The fourth-order valence-electron chi connectivity index (χ4n) is 5.88. The molecule has 2 fully saturated rings. The first-order chi connectivity index (χ1) is 25.6. The number of carbonyl (C=O) groups is 5. The number of hydrogen-bond acceptors (Lipinski definition) is 9. The molecule has 1 aromatic heterocycles. The van der Waals surface area contributed by atoms with E-state index in [4.69, 9.17) is 49.4 Å². The van der Waals surface area contributed by atoms with E-state index < -0.39 is 45.2 Å². The molecule has 2 amide bonds. The van der Waals surface area contributed by atoms with E-state index in [-0.39, 0.29) is 50.0 Å². The average molecular weight is 835 g/mol. The van der Waals surface area contributed by atoms with Crippen LogP contribution in [0.15, 0.2) is 36.4 Å². The number of pyridine rings is 1. The van der Waals surface area contributed by atoms with Crippen molar-refractivity contribution in [3.8, 4) is 0 Å². The van der Waals surface area contributed by atoms with Crippen molar-refractivity contribution in [1.29, 1.82) is 0 Å². The minimum Gasteiger partial charge on any atom is -0.481 e. The number of amides is 2. The Balaban J connectivity index is 0.000000348. The largest absolute Gasteiger partial charge is 0.481 e. The van der Waals surface area contributed by atoms with E-state index in [2.05, 4.69) is 28.0 Å². The molecule has 12 nitrogen and oxygen atoms in total. The highest BCUT2D eigenvalue weighted by atomic mass is 35.6. The number of nitrogens with one attached hydrogen (secondary N) is 3. The molecule has 0 radical (unpaired) electrons. The third-order valence-electron chi connectivity index (χ3n) is 9.00. The van der Waals surface area contributed by atoms with Crippen molar-refractivity contribution in [3.05, 3.63) is 47.7 Å². The number of allylic oxidation sites excluding steroid dienone is 1. The quantitative estimate of drug-likeness (QED) is 0.112. The molecular weight excluding hydrogens is 783 g/mol. The SMILES string of the molecule is CC(=O)O.CCc1ccc2ccc(/C=C/C3(C=O)CCC(F)(F)CC3)cc2n1.CNC(C(=O)NC(C)C(=O)N1CCCC(C(=O)OCC(Cl)(Cl)Cl)N1)C(C)C. The first kappa shape index (κ1) is 47.7. The zero-order valence-electron chi connectivity index (χ0n) is 32.0. The number of alkyl halides is 5. The van der Waals surface area contributed by atoms with Gasteiger partial charge in [0.1, 0.15) is 25.0 Å². The van der Waals surface area contributed by atoms with Crippen LogP contribution in [0.1, 0.15) is 84.4 Å². The number of hydrazine groups is 1. The number of esters is 1. The number of carboxylic acid groups (broad SMARTS) is 1. The smallest absolute Gasteiger partial charge is 0.325 e. The summed E-state index contributed by atoms with van der Waals surface area (Å²) in [6.45, 7) is 8.59. The van der Waals surface area contributed by atoms with Gasteiger partial charge in [0.15, 0.2) is 0 Å². The minimum atomic E-state index is -2.64. The van der Waals surface area contributed by atoms with Crippen molar-refractivity contribution in [2.45, 2.75) is 107 Å². The fraction of sp³-hybridized carbons (Fsp3) is 0.579. The standard InChI is InChI=1S/C20H21F2NO.C16H27Cl3N4O4.C2H4O2/c1-2-17-6-5-16-4-3-15(13-18(16)23-17)7-8-19(14-24)9-11-20(21,22)12-10-19;1-9(2)12(20-4)13(24)21-10(3)14(25)23-7-5-6-11(22-23)15(26)27-8-16(17,18)19;1-2(3)4/h3-8,13-14H,2,9-12H2,1H3;9-12,20,22H,5-8H2,1-4H3,(H,21,24);1H3,(H,3,4)/b8-7+;;. The second-order valence-corrected chi connectivity index (χ2v) is 16.5. The second kappa shape index (κ2) is 21.8. The monoisotopic (exact) mass is 833 g/mol. The Morgan fingerprint density at radius 3 is 2.27 bits per heavy atom. The van der Waals surface area contributed by atoms with Gasteiger partial charge in [-0.2, -0.15) is 0 Å². The van der Waals surface area contributed by atoms with Crippen LogP contribution in [0.25, 0.3) is 17.0 Å². The lowest BCUT2D eigenvalue weighted by molar-refractivity contribution is -0.153. The molecule has 1 saturated heterocycles. The van der Waals surface area contributed by atoms with Crippen molar-refractivity contribution in [2.24, 2.45) is 11.3 Å². The van der Waals surface area contributed by atoms with E-state index in [1.807, 2.05) is 50.3 Å². The molecule has 1 aromatic carbocycles. The number of ether oxygens (including phenoxy) is 1. The topological polar surface area (TPSA) is 167 Å². The van der Waals surface area contributed by atoms with Gasteiger partial charge < -0.3 is 25.3 Å². The number of hydrogen-bond donors (Lipinski definition) is 4. The molecule has 0 spiro atoms. The summed E-state index contributed by atoms with van der Waals surface area (Å²) in [6.07, 6.45) is 6.38. The molecule has 1 saturated carbocycles. The van der Waals surface area contributed by atoms with Gasteiger partial charge in [-0.15, -0.1) is 0 Å². The normalized spacial score (nSPS) is 18.9. The number of rotatable bonds is 11. The molecular formula is C38H52Cl3F2N5O7. The molecule has 3 atom stereocenters. The third-order valence-corrected chi connectivity index (χ3v) is 9.32. The molecule has 306 valence electrons. The molecule has 17 heteroatoms. The molecule has 4 rings (SSSR count). The summed E-state index contributed by atoms with van der Waals surface area (Å²) in [5.41, 5.74) is 4.93. The third kappa shape index (κ3) is 16.3. The molecule has 4 N–H and O–H groups in total. The number of benzene rings is 1. The fourth-order valence-corrected chi connectivity index (χ4v) is 6.04. The van der Waals surface area contributed by atoms with Gasteiger partial charge in [-0.05, 0) is 69.7 Å². The number of carboxylic acids is 1. The maximum Gasteiger partial charge on any atom is 0.325 e. The van der Waals surface area contributed by atoms with Crippen LogP contribution in [0.3, 0.4) is 0 Å². The van der Waals surface area contributed by atoms with E-state index in [9.17, 15) is 28.0 Å². The summed E-state index contributed by atoms with van der Waals surface area (Å²) < 4.78 is 30.0. The Hall–Kier alpha value is -3.43. The summed E-state index contributed by atoms with van der Waals surface area (Å²) in [5.74, 6) is -4.61. The zero-order chi connectivity index (χ0) is 41.6. The molecule has 1 aliphatic carbocycles. The maximum atomic E-state index is 13.3. The lowest BCUT2D eigenvalue weighted by Crippen LogP contribution is -2.60. The molecule has 2 aromatic rings. The van der Waals surface area contributed by atoms with E-state index in [0.29, 0.717) is 19.4 Å². The number of aryl methyl sites for hydroxylation is 1. The van der Waals surface area contributed by atoms with Crippen LogP contribution in [0.2, 0.25) is 0 Å². The van der Waals surface area contributed by atoms with Gasteiger partial charge in [0.25, 0.3) is 11.9 Å². The van der Waals surface area contributed by atoms with Gasteiger partial charge in [0.2, 0.25) is 15.6 Å². The van der Waals surface area contributed by atoms with Gasteiger partial charge >= 0.3 is 5.97 Å². The van der Waals surface area contributed by atoms with Gasteiger partial charge in [-0.1, -0.05) is 85.9 Å². The van der Waals surface area contributed by atoms with E-state index in [1.165, 1.54) is 5.01 Å². The highest BCUT2D eigenvalue weighted by molar-refractivity contribution is 6.67. The molecule has 2 aliphatic rings. The van der Waals surface area contributed by atoms with Crippen LogP contribution in [-0.2, 0) is 35.1 Å². The van der Waals surface area contributed by atoms with Crippen LogP contribution in [-0.4, -0.2) is 93.2 Å². The maximum absolute atomic E-state index is 13.3. The highest BCUT2D eigenvalue weighted by Gasteiger charge is 2.42. The predicted molar refractivity (Wildman–Crippen MR) is 210 cm³/mol. The summed E-state index contributed by atoms with van der Waals surface area (Å²) >= 11 is 16.7. The van der Waals surface area contributed by atoms with E-state index in [1.54, 1.807) is 20.0 Å². The van der Waals surface area contributed by atoms with Gasteiger partial charge in [-0.25, -0.2) is 14.2 Å². The first-order valence-electron chi connectivity index (χ1n) is 18.1. The number of aldehydes is 1. The van der Waals surface area contributed by atoms with E-state index >= 15 is 0 Å². The molecule has 2 heterocycles. The summed E-state index contributed by atoms with van der Waals surface area (Å²) in [7, 11) is 1.69. The lowest BCUT2D eigenvalue weighted by atomic mass is 9.73. The van der Waals surface area contributed by atoms with Crippen LogP contribution in [0.4, 0.5) is 8.78 Å². The lowest BCUT2D eigenvalue weighted by Gasteiger charge is -2.34. The van der Waals surface area contributed by atoms with Gasteiger partial charge in [0.05, 0.1) is 11.6 Å². The van der Waals surface area contributed by atoms with Gasteiger partial charge in [0, 0.05) is 42.8 Å². The number of halogens is 5. The summed E-state index contributed by atoms with van der Waals surface area (Å²) in [6, 6.07) is 8.10. The summed E-state index contributed by atoms with van der Waals surface area (Å²) in [4.78, 5) is 62.1. The Morgan fingerprint density at radius 2 is 1.73 bits per heavy atom. The Morgan fingerprint density at radius 1 is 1.11 bits per heavy atom. The molecule has 55 heavy (non-hydrogen) atoms. The van der Waals surface area contributed by atoms with Crippen LogP contribution >= 0.6 is 34.8 Å². The number of carbonyl (C=O) groups excluding carboxylic acids is 4. The first-order valence-corrected chi connectivity index (χ1v) is 19.2. The van der Waals surface area contributed by atoms with Crippen molar-refractivity contribution in [1.82, 2.24) is 26.1 Å². The minimum absolute atomic E-state index is 0.0717. The number of fused-ring (bicyclic) bond motifs is 1. The summed E-state index contributed by atoms with van der Waals surface area (Å²) in [5, 5.41) is 15.4. The molecule has 0 bridgehead atoms. The van der Waals surface area contributed by atoms with Crippen LogP contribution in [0.5, 0.6) is 0 Å². The van der Waals surface area contributed by atoms with Crippen molar-refractivity contribution < 1.29 is 42.6 Å². The second-order valence-electron chi connectivity index (χ2n) is 13.9. The molecule has 3 unspecified atom stereocenters. The van der Waals surface area contributed by atoms with Gasteiger partial charge in [-0.3, -0.25) is 29.2 Å². The number of aromatic nitrogens is 1. The number of likely N-dealkylation sites (N-methyl/N-ethyl adjacent to an activating group) is 1. The predicted octanol–water partition coefficient (Wildman–Crippen LogP) is 6.44. The Labute approximate surface area is 336 Å².